The smallest absolute Gasteiger partial charge is 0.187 e. The SMILES string of the molecule is [B]CC(F)(F)N(C)F. The van der Waals surface area contributed by atoms with Gasteiger partial charge in [0.2, 0.25) is 0 Å². The Morgan fingerprint density at radius 1 is 1.62 bits per heavy atom. The van der Waals surface area contributed by atoms with Crippen molar-refractivity contribution in [1.82, 2.24) is 5.12 Å². The molecule has 0 unspecified atom stereocenters. The number of alkyl halides is 2. The Hall–Kier alpha value is -0.185. The lowest BCUT2D eigenvalue weighted by atomic mass is 10.0. The second-order valence-electron chi connectivity index (χ2n) is 1.35. The number of nitrogens with zero attached hydrogens (tertiary/aromatic N) is 1. The minimum Gasteiger partial charge on any atom is -0.187 e. The molecule has 0 aromatic carbocycles. The van der Waals surface area contributed by atoms with Gasteiger partial charge < -0.3 is 0 Å². The highest BCUT2D eigenvalue weighted by Crippen LogP contribution is 2.20. The highest BCUT2D eigenvalue weighted by atomic mass is 19.3. The minimum absolute atomic E-state index is 0.618. The third-order valence-electron chi connectivity index (χ3n) is 0.696. The molecule has 0 aliphatic carbocycles. The molecule has 0 rings (SSSR count). The van der Waals surface area contributed by atoms with Crippen LogP contribution in [0.4, 0.5) is 13.3 Å². The molecule has 0 aliphatic heterocycles. The number of hydrogen-bond acceptors (Lipinski definition) is 1. The van der Waals surface area contributed by atoms with Gasteiger partial charge in [-0.05, 0) is 6.32 Å². The van der Waals surface area contributed by atoms with Gasteiger partial charge in [-0.2, -0.15) is 8.78 Å². The molecule has 0 saturated carbocycles. The largest absolute Gasteiger partial charge is 0.321 e. The van der Waals surface area contributed by atoms with Crippen LogP contribution in [0.15, 0.2) is 0 Å². The first-order chi connectivity index (χ1) is 3.50. The molecule has 0 atom stereocenters. The summed E-state index contributed by atoms with van der Waals surface area (Å²) in [6, 6.07) is -3.51. The molecule has 0 bridgehead atoms. The lowest BCUT2D eigenvalue weighted by molar-refractivity contribution is -0.207. The van der Waals surface area contributed by atoms with E-state index in [9.17, 15) is 13.3 Å². The molecule has 0 aliphatic rings. The summed E-state index contributed by atoms with van der Waals surface area (Å²) >= 11 is 0. The highest BCUT2D eigenvalue weighted by Gasteiger charge is 2.31. The van der Waals surface area contributed by atoms with Crippen LogP contribution in [0.2, 0.25) is 6.32 Å². The van der Waals surface area contributed by atoms with E-state index < -0.39 is 17.5 Å². The normalized spacial score (nSPS) is 12.6. The van der Waals surface area contributed by atoms with E-state index in [0.717, 1.165) is 0 Å². The van der Waals surface area contributed by atoms with Crippen LogP contribution in [0.5, 0.6) is 0 Å². The Morgan fingerprint density at radius 3 is 2.00 bits per heavy atom. The van der Waals surface area contributed by atoms with Crippen molar-refractivity contribution in [1.29, 1.82) is 0 Å². The minimum atomic E-state index is -3.51. The Bertz CT molecular complexity index is 74.9. The first-order valence-electron chi connectivity index (χ1n) is 1.98. The predicted octanol–water partition coefficient (Wildman–Crippen LogP) is 0.982. The van der Waals surface area contributed by atoms with Gasteiger partial charge in [0.15, 0.2) is 0 Å². The Labute approximate surface area is 46.8 Å². The molecule has 0 aromatic rings. The van der Waals surface area contributed by atoms with E-state index >= 15 is 0 Å². The summed E-state index contributed by atoms with van der Waals surface area (Å²) in [6.07, 6.45) is -1.00. The standard InChI is InChI=1S/C3H5BF3N/c1-8(7)3(5,6)2-4/h2H2,1H3. The van der Waals surface area contributed by atoms with Gasteiger partial charge in [0.25, 0.3) is 0 Å². The van der Waals surface area contributed by atoms with Gasteiger partial charge in [0, 0.05) is 7.05 Å². The van der Waals surface area contributed by atoms with E-state index in [2.05, 4.69) is 7.85 Å². The Kier molecular flexibility index (Phi) is 2.34. The molecule has 1 nitrogen and oxygen atoms in total. The summed E-state index contributed by atoms with van der Waals surface area (Å²) in [5.74, 6) is 0. The second kappa shape index (κ2) is 2.39. The van der Waals surface area contributed by atoms with Crippen molar-refractivity contribution in [3.05, 3.63) is 0 Å². The van der Waals surface area contributed by atoms with Gasteiger partial charge in [-0.3, -0.25) is 0 Å². The van der Waals surface area contributed by atoms with Gasteiger partial charge in [0.1, 0.15) is 0 Å². The molecule has 8 heavy (non-hydrogen) atoms. The quantitative estimate of drug-likeness (QED) is 0.300. The topological polar surface area (TPSA) is 3.24 Å². The summed E-state index contributed by atoms with van der Waals surface area (Å²) in [4.78, 5) is 0. The van der Waals surface area contributed by atoms with Gasteiger partial charge in [-0.1, -0.05) is 5.12 Å². The summed E-state index contributed by atoms with van der Waals surface area (Å²) in [5.41, 5.74) is 0. The van der Waals surface area contributed by atoms with Crippen molar-refractivity contribution < 1.29 is 13.3 Å². The molecule has 0 amide bonds. The molecule has 46 valence electrons. The van der Waals surface area contributed by atoms with Crippen molar-refractivity contribution in [2.24, 2.45) is 0 Å². The lowest BCUT2D eigenvalue weighted by Crippen LogP contribution is -2.31. The van der Waals surface area contributed by atoms with Crippen LogP contribution in [0.1, 0.15) is 0 Å². The summed E-state index contributed by atoms with van der Waals surface area (Å²) < 4.78 is 34.9. The molecule has 0 saturated heterocycles. The maximum absolute atomic E-state index is 11.7. The number of hydrogen-bond donors (Lipinski definition) is 0. The zero-order valence-electron chi connectivity index (χ0n) is 4.37. The molecule has 5 heteroatoms. The highest BCUT2D eigenvalue weighted by molar-refractivity contribution is 6.09. The average Bonchev–Trinajstić information content (AvgIpc) is 1.67. The van der Waals surface area contributed by atoms with Crippen LogP contribution >= 0.6 is 0 Å². The average molecular weight is 123 g/mol. The zero-order chi connectivity index (χ0) is 6.78. The fraction of sp³-hybridized carbons (Fsp3) is 1.00. The van der Waals surface area contributed by atoms with Gasteiger partial charge in [0.05, 0.1) is 7.85 Å². The van der Waals surface area contributed by atoms with Crippen LogP contribution in [0.25, 0.3) is 0 Å². The summed E-state index contributed by atoms with van der Waals surface area (Å²) in [5, 5.41) is -0.715. The molecule has 0 aromatic heterocycles. The van der Waals surface area contributed by atoms with E-state index in [1.54, 1.807) is 0 Å². The first kappa shape index (κ1) is 7.81. The maximum atomic E-state index is 11.7. The van der Waals surface area contributed by atoms with E-state index in [4.69, 9.17) is 0 Å². The van der Waals surface area contributed by atoms with Crippen molar-refractivity contribution in [3.8, 4) is 0 Å². The Balaban J connectivity index is 3.71. The molecule has 0 heterocycles. The van der Waals surface area contributed by atoms with Crippen molar-refractivity contribution >= 4 is 7.85 Å². The van der Waals surface area contributed by atoms with Crippen LogP contribution < -0.4 is 0 Å². The predicted molar refractivity (Wildman–Crippen MR) is 24.4 cm³/mol. The molecule has 2 radical (unpaired) electrons. The van der Waals surface area contributed by atoms with Crippen molar-refractivity contribution in [2.75, 3.05) is 7.05 Å². The van der Waals surface area contributed by atoms with E-state index in [1.807, 2.05) is 0 Å². The number of halogens is 3. The second-order valence-corrected chi connectivity index (χ2v) is 1.35. The van der Waals surface area contributed by atoms with E-state index in [-0.39, 0.29) is 0 Å². The van der Waals surface area contributed by atoms with Gasteiger partial charge >= 0.3 is 6.05 Å². The van der Waals surface area contributed by atoms with Crippen LogP contribution in [-0.2, 0) is 0 Å². The third kappa shape index (κ3) is 1.73. The van der Waals surface area contributed by atoms with Crippen LogP contribution in [0.3, 0.4) is 0 Å². The fourth-order valence-corrected chi connectivity index (χ4v) is 0.126. The maximum Gasteiger partial charge on any atom is 0.321 e. The third-order valence-corrected chi connectivity index (χ3v) is 0.696. The van der Waals surface area contributed by atoms with Crippen molar-refractivity contribution in [2.45, 2.75) is 12.4 Å². The van der Waals surface area contributed by atoms with Gasteiger partial charge in [-0.15, -0.1) is 4.48 Å². The van der Waals surface area contributed by atoms with Crippen LogP contribution in [-0.4, -0.2) is 26.1 Å². The molecular weight excluding hydrogens is 118 g/mol. The summed E-state index contributed by atoms with van der Waals surface area (Å²) in [7, 11) is 5.09. The molecule has 0 fully saturated rings. The molecule has 0 spiro atoms. The van der Waals surface area contributed by atoms with Gasteiger partial charge in [-0.25, -0.2) is 0 Å². The Morgan fingerprint density at radius 2 is 2.00 bits per heavy atom. The summed E-state index contributed by atoms with van der Waals surface area (Å²) in [6.45, 7) is 0. The molecule has 0 N–H and O–H groups in total. The number of rotatable bonds is 2. The van der Waals surface area contributed by atoms with Crippen molar-refractivity contribution in [3.63, 3.8) is 0 Å². The fourth-order valence-electron chi connectivity index (χ4n) is 0.126. The first-order valence-corrected chi connectivity index (χ1v) is 1.98. The van der Waals surface area contributed by atoms with E-state index in [1.165, 1.54) is 0 Å². The monoisotopic (exact) mass is 123 g/mol. The lowest BCUT2D eigenvalue weighted by Gasteiger charge is -2.16. The van der Waals surface area contributed by atoms with E-state index in [0.29, 0.717) is 7.05 Å². The zero-order valence-corrected chi connectivity index (χ0v) is 4.37. The van der Waals surface area contributed by atoms with Crippen LogP contribution in [0, 0.1) is 0 Å². The molecular formula is C3H5BF3N.